The number of nitrogens with zero attached hydrogens (tertiary/aromatic N) is 1. The lowest BCUT2D eigenvalue weighted by Gasteiger charge is -2.32. The van der Waals surface area contributed by atoms with Crippen molar-refractivity contribution >= 4 is 17.8 Å². The number of nitrogens with one attached hydrogen (secondary N) is 1. The molecule has 0 saturated carbocycles. The van der Waals surface area contributed by atoms with Crippen LogP contribution < -0.4 is 10.1 Å². The van der Waals surface area contributed by atoms with Crippen molar-refractivity contribution in [3.8, 4) is 5.75 Å². The lowest BCUT2D eigenvalue weighted by Crippen LogP contribution is -2.41. The average molecular weight is 448 g/mol. The van der Waals surface area contributed by atoms with Crippen LogP contribution in [0.5, 0.6) is 5.75 Å². The number of esters is 1. The molecule has 0 atom stereocenters. The number of amides is 2. The number of rotatable bonds is 5. The number of carbonyl (C=O) groups excluding carboxylic acids is 3. The van der Waals surface area contributed by atoms with Crippen LogP contribution in [0.3, 0.4) is 0 Å². The number of ether oxygens (including phenoxy) is 1. The molecule has 1 aliphatic rings. The molecule has 1 aliphatic heterocycles. The van der Waals surface area contributed by atoms with Crippen LogP contribution >= 0.6 is 0 Å². The van der Waals surface area contributed by atoms with Gasteiger partial charge in [-0.25, -0.2) is 0 Å². The summed E-state index contributed by atoms with van der Waals surface area (Å²) in [5.41, 5.74) is -0.964. The summed E-state index contributed by atoms with van der Waals surface area (Å²) in [6.45, 7) is 2.42. The average Bonchev–Trinajstić information content (AvgIpc) is 2.76. The Morgan fingerprint density at radius 1 is 1.06 bits per heavy atom. The maximum absolute atomic E-state index is 13.1. The third-order valence-corrected chi connectivity index (χ3v) is 5.27. The van der Waals surface area contributed by atoms with E-state index < -0.39 is 29.2 Å². The molecule has 0 spiro atoms. The van der Waals surface area contributed by atoms with Gasteiger partial charge in [0.2, 0.25) is 0 Å². The molecule has 0 aromatic heterocycles. The summed E-state index contributed by atoms with van der Waals surface area (Å²) >= 11 is 0. The first-order valence-corrected chi connectivity index (χ1v) is 10.2. The van der Waals surface area contributed by atoms with Gasteiger partial charge in [0.15, 0.2) is 0 Å². The molecule has 2 amide bonds. The Hall–Kier alpha value is -3.36. The molecular weight excluding hydrogens is 425 g/mol. The number of likely N-dealkylation sites (tertiary alicyclic amines) is 1. The van der Waals surface area contributed by atoms with Gasteiger partial charge in [0.1, 0.15) is 5.75 Å². The predicted octanol–water partition coefficient (Wildman–Crippen LogP) is 3.91. The minimum atomic E-state index is -4.60. The summed E-state index contributed by atoms with van der Waals surface area (Å²) < 4.78 is 44.3. The topological polar surface area (TPSA) is 75.7 Å². The van der Waals surface area contributed by atoms with E-state index in [1.165, 1.54) is 25.1 Å². The number of hydrogen-bond donors (Lipinski definition) is 1. The summed E-state index contributed by atoms with van der Waals surface area (Å²) in [6, 6.07) is 11.0. The Labute approximate surface area is 183 Å². The Bertz CT molecular complexity index is 999. The van der Waals surface area contributed by atoms with Gasteiger partial charge in [-0.2, -0.15) is 13.2 Å². The molecule has 32 heavy (non-hydrogen) atoms. The third kappa shape index (κ3) is 5.87. The maximum Gasteiger partial charge on any atom is 0.417 e. The molecule has 1 N–H and O–H groups in total. The smallest absolute Gasteiger partial charge is 0.417 e. The number of alkyl halides is 3. The fraction of sp³-hybridized carbons (Fsp3) is 0.348. The van der Waals surface area contributed by atoms with Crippen LogP contribution in [0.2, 0.25) is 0 Å². The predicted molar refractivity (Wildman–Crippen MR) is 110 cm³/mol. The molecule has 170 valence electrons. The first-order chi connectivity index (χ1) is 15.1. The van der Waals surface area contributed by atoms with Crippen LogP contribution in [0.25, 0.3) is 0 Å². The molecule has 3 rings (SSSR count). The van der Waals surface area contributed by atoms with E-state index in [9.17, 15) is 27.6 Å². The first kappa shape index (κ1) is 23.3. The monoisotopic (exact) mass is 448 g/mol. The Morgan fingerprint density at radius 2 is 1.75 bits per heavy atom. The van der Waals surface area contributed by atoms with E-state index in [1.807, 2.05) is 0 Å². The summed E-state index contributed by atoms with van der Waals surface area (Å²) in [5, 5.41) is 2.59. The SMILES string of the molecule is CC(=O)Oc1cccc(C(=O)N2CCC(CNC(=O)c3ccccc3C(F)(F)F)CC2)c1. The van der Waals surface area contributed by atoms with Crippen molar-refractivity contribution in [3.63, 3.8) is 0 Å². The fourth-order valence-corrected chi connectivity index (χ4v) is 3.64. The van der Waals surface area contributed by atoms with Crippen molar-refractivity contribution in [2.75, 3.05) is 19.6 Å². The standard InChI is InChI=1S/C23H23F3N2O4/c1-15(29)32-18-6-4-5-17(13-18)22(31)28-11-9-16(10-12-28)14-27-21(30)19-7-2-3-8-20(19)23(24,25)26/h2-8,13,16H,9-12,14H2,1H3,(H,27,30). The van der Waals surface area contributed by atoms with Crippen LogP contribution in [0.15, 0.2) is 48.5 Å². The lowest BCUT2D eigenvalue weighted by molar-refractivity contribution is -0.138. The first-order valence-electron chi connectivity index (χ1n) is 10.2. The molecule has 1 fully saturated rings. The van der Waals surface area contributed by atoms with Gasteiger partial charge in [-0.05, 0) is 49.1 Å². The van der Waals surface area contributed by atoms with Gasteiger partial charge < -0.3 is 15.0 Å². The van der Waals surface area contributed by atoms with E-state index in [4.69, 9.17) is 4.74 Å². The zero-order valence-electron chi connectivity index (χ0n) is 17.4. The number of piperidine rings is 1. The third-order valence-electron chi connectivity index (χ3n) is 5.27. The van der Waals surface area contributed by atoms with E-state index in [0.29, 0.717) is 37.2 Å². The lowest BCUT2D eigenvalue weighted by atomic mass is 9.96. The van der Waals surface area contributed by atoms with Crippen molar-refractivity contribution in [2.45, 2.75) is 25.9 Å². The molecule has 2 aromatic rings. The quantitative estimate of drug-likeness (QED) is 0.556. The van der Waals surface area contributed by atoms with E-state index >= 15 is 0 Å². The summed E-state index contributed by atoms with van der Waals surface area (Å²) in [5.74, 6) is -1.09. The van der Waals surface area contributed by atoms with Crippen molar-refractivity contribution in [3.05, 3.63) is 65.2 Å². The van der Waals surface area contributed by atoms with Gasteiger partial charge in [0.25, 0.3) is 11.8 Å². The molecule has 6 nitrogen and oxygen atoms in total. The Kier molecular flexibility index (Phi) is 7.17. The van der Waals surface area contributed by atoms with Crippen LogP contribution in [-0.2, 0) is 11.0 Å². The van der Waals surface area contributed by atoms with Crippen LogP contribution in [0, 0.1) is 5.92 Å². The van der Waals surface area contributed by atoms with Gasteiger partial charge in [0, 0.05) is 32.1 Å². The highest BCUT2D eigenvalue weighted by atomic mass is 19.4. The molecular formula is C23H23F3N2O4. The number of benzene rings is 2. The van der Waals surface area contributed by atoms with Crippen molar-refractivity contribution in [1.82, 2.24) is 10.2 Å². The zero-order chi connectivity index (χ0) is 23.3. The highest BCUT2D eigenvalue weighted by molar-refractivity contribution is 5.96. The van der Waals surface area contributed by atoms with Crippen molar-refractivity contribution < 1.29 is 32.3 Å². The van der Waals surface area contributed by atoms with Gasteiger partial charge in [0.05, 0.1) is 11.1 Å². The zero-order valence-corrected chi connectivity index (χ0v) is 17.4. The van der Waals surface area contributed by atoms with Gasteiger partial charge in [-0.3, -0.25) is 14.4 Å². The summed E-state index contributed by atoms with van der Waals surface area (Å²) in [6.07, 6.45) is -3.39. The summed E-state index contributed by atoms with van der Waals surface area (Å²) in [4.78, 5) is 37.8. The van der Waals surface area contributed by atoms with Crippen LogP contribution in [0.1, 0.15) is 46.0 Å². The number of hydrogen-bond acceptors (Lipinski definition) is 4. The normalized spacial score (nSPS) is 14.7. The minimum absolute atomic E-state index is 0.0495. The largest absolute Gasteiger partial charge is 0.427 e. The molecule has 0 bridgehead atoms. The number of halogens is 3. The van der Waals surface area contributed by atoms with Gasteiger partial charge in [-0.1, -0.05) is 18.2 Å². The van der Waals surface area contributed by atoms with Gasteiger partial charge >= 0.3 is 12.1 Å². The molecule has 9 heteroatoms. The number of carbonyl (C=O) groups is 3. The molecule has 1 saturated heterocycles. The molecule has 0 radical (unpaired) electrons. The van der Waals surface area contributed by atoms with E-state index in [0.717, 1.165) is 12.1 Å². The molecule has 2 aromatic carbocycles. The van der Waals surface area contributed by atoms with Crippen LogP contribution in [0.4, 0.5) is 13.2 Å². The summed E-state index contributed by atoms with van der Waals surface area (Å²) in [7, 11) is 0. The van der Waals surface area contributed by atoms with Crippen molar-refractivity contribution in [2.24, 2.45) is 5.92 Å². The Morgan fingerprint density at radius 3 is 2.41 bits per heavy atom. The Balaban J connectivity index is 1.53. The second kappa shape index (κ2) is 9.84. The van der Waals surface area contributed by atoms with Crippen molar-refractivity contribution in [1.29, 1.82) is 0 Å². The van der Waals surface area contributed by atoms with Gasteiger partial charge in [-0.15, -0.1) is 0 Å². The van der Waals surface area contributed by atoms with Crippen LogP contribution in [-0.4, -0.2) is 42.3 Å². The fourth-order valence-electron chi connectivity index (χ4n) is 3.64. The van der Waals surface area contributed by atoms with E-state index in [1.54, 1.807) is 23.1 Å². The molecule has 0 aliphatic carbocycles. The maximum atomic E-state index is 13.1. The second-order valence-corrected chi connectivity index (χ2v) is 7.61. The molecule has 1 heterocycles. The molecule has 0 unspecified atom stereocenters. The highest BCUT2D eigenvalue weighted by Gasteiger charge is 2.35. The highest BCUT2D eigenvalue weighted by Crippen LogP contribution is 2.31. The minimum Gasteiger partial charge on any atom is -0.427 e. The second-order valence-electron chi connectivity index (χ2n) is 7.61. The van der Waals surface area contributed by atoms with E-state index in [-0.39, 0.29) is 18.4 Å². The van der Waals surface area contributed by atoms with E-state index in [2.05, 4.69) is 5.32 Å².